The van der Waals surface area contributed by atoms with Gasteiger partial charge in [-0.15, -0.1) is 0 Å². The molecule has 0 aliphatic heterocycles. The number of aliphatic hydroxyl groups excluding tert-OH is 1. The number of hydrogen-bond acceptors (Lipinski definition) is 4. The first-order chi connectivity index (χ1) is 10.0. The van der Waals surface area contributed by atoms with Crippen molar-refractivity contribution in [3.05, 3.63) is 67.9 Å². The fourth-order valence-corrected chi connectivity index (χ4v) is 2.26. The number of benzene rings is 2. The van der Waals surface area contributed by atoms with E-state index >= 15 is 0 Å². The second-order valence-corrected chi connectivity index (χ2v) is 5.01. The third-order valence-corrected chi connectivity index (χ3v) is 3.73. The van der Waals surface area contributed by atoms with Crippen LogP contribution in [0.1, 0.15) is 11.1 Å². The maximum absolute atomic E-state index is 13.7. The van der Waals surface area contributed by atoms with Crippen molar-refractivity contribution in [2.24, 2.45) is 0 Å². The highest BCUT2D eigenvalue weighted by atomic mass is 79.9. The van der Waals surface area contributed by atoms with Crippen molar-refractivity contribution in [3.63, 3.8) is 0 Å². The first-order valence-corrected chi connectivity index (χ1v) is 6.76. The van der Waals surface area contributed by atoms with Crippen molar-refractivity contribution in [2.45, 2.75) is 13.2 Å². The molecule has 0 saturated carbocycles. The van der Waals surface area contributed by atoms with Gasteiger partial charge in [0.2, 0.25) is 0 Å². The van der Waals surface area contributed by atoms with E-state index in [4.69, 9.17) is 9.84 Å². The highest BCUT2D eigenvalue weighted by Crippen LogP contribution is 2.29. The number of halogens is 2. The average Bonchev–Trinajstić information content (AvgIpc) is 2.46. The summed E-state index contributed by atoms with van der Waals surface area (Å²) in [6.45, 7) is -0.273. The molecule has 2 aromatic carbocycles. The molecule has 5 nitrogen and oxygen atoms in total. The van der Waals surface area contributed by atoms with Gasteiger partial charge in [-0.2, -0.15) is 0 Å². The minimum Gasteiger partial charge on any atom is -0.486 e. The second kappa shape index (κ2) is 6.64. The molecule has 2 rings (SSSR count). The minimum atomic E-state index is -0.594. The van der Waals surface area contributed by atoms with Crippen molar-refractivity contribution in [1.29, 1.82) is 0 Å². The van der Waals surface area contributed by atoms with Crippen molar-refractivity contribution >= 4 is 21.6 Å². The number of aliphatic hydroxyl groups is 1. The Balaban J connectivity index is 2.17. The lowest BCUT2D eigenvalue weighted by atomic mass is 10.2. The first kappa shape index (κ1) is 15.4. The second-order valence-electron chi connectivity index (χ2n) is 4.22. The monoisotopic (exact) mass is 355 g/mol. The number of nitro groups is 1. The van der Waals surface area contributed by atoms with Gasteiger partial charge in [0.1, 0.15) is 11.1 Å². The molecule has 110 valence electrons. The number of nitrogens with zero attached hydrogens (tertiary/aromatic N) is 1. The lowest BCUT2D eigenvalue weighted by molar-refractivity contribution is -0.385. The number of nitro benzene ring substituents is 1. The maximum atomic E-state index is 13.7. The summed E-state index contributed by atoms with van der Waals surface area (Å²) in [5.41, 5.74) is 0.901. The normalized spacial score (nSPS) is 10.4. The van der Waals surface area contributed by atoms with E-state index < -0.39 is 10.7 Å². The lowest BCUT2D eigenvalue weighted by Crippen LogP contribution is -2.00. The van der Waals surface area contributed by atoms with Gasteiger partial charge in [-0.3, -0.25) is 10.1 Å². The van der Waals surface area contributed by atoms with Crippen LogP contribution < -0.4 is 4.74 Å². The first-order valence-electron chi connectivity index (χ1n) is 5.96. The van der Waals surface area contributed by atoms with Crippen molar-refractivity contribution in [1.82, 2.24) is 0 Å². The molecule has 7 heteroatoms. The van der Waals surface area contributed by atoms with E-state index in [-0.39, 0.29) is 24.7 Å². The molecule has 0 aliphatic carbocycles. The Bertz CT molecular complexity index is 678. The third kappa shape index (κ3) is 3.56. The molecule has 0 atom stereocenters. The molecule has 21 heavy (non-hydrogen) atoms. The molecule has 0 radical (unpaired) electrons. The van der Waals surface area contributed by atoms with Gasteiger partial charge >= 0.3 is 0 Å². The SMILES string of the molecule is O=[N+]([O-])c1cccc(COc2ccc(CO)cc2F)c1Br. The molecule has 0 spiro atoms. The number of rotatable bonds is 5. The van der Waals surface area contributed by atoms with E-state index in [1.54, 1.807) is 12.1 Å². The summed E-state index contributed by atoms with van der Waals surface area (Å²) in [4.78, 5) is 10.3. The lowest BCUT2D eigenvalue weighted by Gasteiger charge is -2.09. The molecule has 2 aromatic rings. The van der Waals surface area contributed by atoms with Gasteiger partial charge in [-0.05, 0) is 33.6 Å². The van der Waals surface area contributed by atoms with E-state index in [9.17, 15) is 14.5 Å². The average molecular weight is 356 g/mol. The molecule has 0 heterocycles. The predicted molar refractivity (Wildman–Crippen MR) is 77.5 cm³/mol. The Kier molecular flexibility index (Phi) is 4.87. The van der Waals surface area contributed by atoms with Gasteiger partial charge in [0, 0.05) is 11.6 Å². The van der Waals surface area contributed by atoms with Gasteiger partial charge in [0.05, 0.1) is 11.5 Å². The fourth-order valence-electron chi connectivity index (χ4n) is 1.73. The van der Waals surface area contributed by atoms with Gasteiger partial charge in [-0.25, -0.2) is 4.39 Å². The van der Waals surface area contributed by atoms with Crippen LogP contribution in [0.2, 0.25) is 0 Å². The van der Waals surface area contributed by atoms with Crippen LogP contribution in [0.15, 0.2) is 40.9 Å². The van der Waals surface area contributed by atoms with Crippen LogP contribution in [0.5, 0.6) is 5.75 Å². The van der Waals surface area contributed by atoms with Gasteiger partial charge < -0.3 is 9.84 Å². The van der Waals surface area contributed by atoms with E-state index in [0.717, 1.165) is 0 Å². The summed E-state index contributed by atoms with van der Waals surface area (Å²) in [6.07, 6.45) is 0. The Hall–Kier alpha value is -1.99. The molecule has 0 amide bonds. The highest BCUT2D eigenvalue weighted by Gasteiger charge is 2.15. The third-order valence-electron chi connectivity index (χ3n) is 2.82. The summed E-state index contributed by atoms with van der Waals surface area (Å²) in [5.74, 6) is -0.575. The molecule has 0 fully saturated rings. The quantitative estimate of drug-likeness (QED) is 0.657. The highest BCUT2D eigenvalue weighted by molar-refractivity contribution is 9.10. The molecule has 1 N–H and O–H groups in total. The zero-order chi connectivity index (χ0) is 15.4. The zero-order valence-corrected chi connectivity index (χ0v) is 12.3. The fraction of sp³-hybridized carbons (Fsp3) is 0.143. The van der Waals surface area contributed by atoms with E-state index in [0.29, 0.717) is 15.6 Å². The molecular formula is C14H11BrFNO4. The van der Waals surface area contributed by atoms with Crippen LogP contribution in [-0.2, 0) is 13.2 Å². The smallest absolute Gasteiger partial charge is 0.283 e. The Morgan fingerprint density at radius 2 is 2.10 bits per heavy atom. The van der Waals surface area contributed by atoms with Gasteiger partial charge in [0.15, 0.2) is 11.6 Å². The Morgan fingerprint density at radius 3 is 2.71 bits per heavy atom. The molecule has 0 aliphatic rings. The number of hydrogen-bond donors (Lipinski definition) is 1. The van der Waals surface area contributed by atoms with Crippen LogP contribution in [-0.4, -0.2) is 10.0 Å². The van der Waals surface area contributed by atoms with E-state index in [1.165, 1.54) is 24.3 Å². The van der Waals surface area contributed by atoms with Crippen LogP contribution >= 0.6 is 15.9 Å². The summed E-state index contributed by atoms with van der Waals surface area (Å²) in [7, 11) is 0. The number of ether oxygens (including phenoxy) is 1. The van der Waals surface area contributed by atoms with Crippen LogP contribution in [0.3, 0.4) is 0 Å². The van der Waals surface area contributed by atoms with Crippen LogP contribution in [0.25, 0.3) is 0 Å². The van der Waals surface area contributed by atoms with Crippen molar-refractivity contribution in [2.75, 3.05) is 0 Å². The van der Waals surface area contributed by atoms with Crippen LogP contribution in [0.4, 0.5) is 10.1 Å². The standard InChI is InChI=1S/C14H11BrFNO4/c15-14-10(2-1-3-12(14)17(19)20)8-21-13-5-4-9(7-18)6-11(13)16/h1-6,18H,7-8H2. The largest absolute Gasteiger partial charge is 0.486 e. The summed E-state index contributed by atoms with van der Waals surface area (Å²) < 4.78 is 19.3. The predicted octanol–water partition coefficient (Wildman–Crippen LogP) is 3.57. The van der Waals surface area contributed by atoms with E-state index in [1.807, 2.05) is 0 Å². The summed E-state index contributed by atoms with van der Waals surface area (Å²) in [5, 5.41) is 19.7. The zero-order valence-electron chi connectivity index (χ0n) is 10.8. The Morgan fingerprint density at radius 1 is 1.33 bits per heavy atom. The molecule has 0 bridgehead atoms. The van der Waals surface area contributed by atoms with E-state index in [2.05, 4.69) is 15.9 Å². The van der Waals surface area contributed by atoms with Gasteiger partial charge in [0.25, 0.3) is 5.69 Å². The minimum absolute atomic E-state index is 0.0162. The van der Waals surface area contributed by atoms with Crippen molar-refractivity contribution in [3.8, 4) is 5.75 Å². The topological polar surface area (TPSA) is 72.6 Å². The molecule has 0 saturated heterocycles. The van der Waals surface area contributed by atoms with Crippen molar-refractivity contribution < 1.29 is 19.2 Å². The molecular weight excluding hydrogens is 345 g/mol. The summed E-state index contributed by atoms with van der Waals surface area (Å²) in [6, 6.07) is 8.68. The maximum Gasteiger partial charge on any atom is 0.283 e. The molecule has 0 unspecified atom stereocenters. The van der Waals surface area contributed by atoms with Crippen LogP contribution in [0, 0.1) is 15.9 Å². The molecule has 0 aromatic heterocycles. The summed E-state index contributed by atoms with van der Waals surface area (Å²) >= 11 is 3.15. The Labute approximate surface area is 128 Å². The van der Waals surface area contributed by atoms with Gasteiger partial charge in [-0.1, -0.05) is 18.2 Å².